The molecule has 0 bridgehead atoms. The van der Waals surface area contributed by atoms with Crippen LogP contribution in [0.1, 0.15) is 44.7 Å². The van der Waals surface area contributed by atoms with Crippen molar-refractivity contribution in [3.05, 3.63) is 71.8 Å². The van der Waals surface area contributed by atoms with Crippen LogP contribution in [0.5, 0.6) is 0 Å². The van der Waals surface area contributed by atoms with Crippen LogP contribution in [0.2, 0.25) is 0 Å². The molecule has 192 valence electrons. The molecule has 1 fully saturated rings. The van der Waals surface area contributed by atoms with E-state index in [-0.39, 0.29) is 18.6 Å². The SMILES string of the molecule is CCC[C@@H]1OC(=O)[C@H](Cc2ccccc2)N(C)C(=O)[C@H](Cc2ccccc2)NC(=O)[C@H](C)C(=O)[C@H]1C. The zero-order valence-electron chi connectivity index (χ0n) is 21.5. The number of esters is 1. The number of likely N-dealkylation sites (N-methyl/N-ethyl adjacent to an activating group) is 1. The van der Waals surface area contributed by atoms with E-state index in [0.29, 0.717) is 12.8 Å². The molecule has 36 heavy (non-hydrogen) atoms. The summed E-state index contributed by atoms with van der Waals surface area (Å²) >= 11 is 0. The maximum atomic E-state index is 13.7. The summed E-state index contributed by atoms with van der Waals surface area (Å²) in [6.07, 6.45) is 1.00. The van der Waals surface area contributed by atoms with Gasteiger partial charge in [0.25, 0.3) is 0 Å². The van der Waals surface area contributed by atoms with Crippen molar-refractivity contribution < 1.29 is 23.9 Å². The molecule has 2 aromatic rings. The molecule has 0 unspecified atom stereocenters. The Balaban J connectivity index is 2.02. The molecular formula is C29H36N2O5. The Kier molecular flexibility index (Phi) is 9.39. The molecule has 2 amide bonds. The Bertz CT molecular complexity index is 1060. The van der Waals surface area contributed by atoms with Crippen molar-refractivity contribution in [3.8, 4) is 0 Å². The van der Waals surface area contributed by atoms with Gasteiger partial charge in [-0.05, 0) is 24.5 Å². The molecular weight excluding hydrogens is 456 g/mol. The summed E-state index contributed by atoms with van der Waals surface area (Å²) in [5.41, 5.74) is 1.73. The van der Waals surface area contributed by atoms with Gasteiger partial charge in [0, 0.05) is 19.9 Å². The Morgan fingerprint density at radius 1 is 0.861 bits per heavy atom. The minimum absolute atomic E-state index is 0.234. The van der Waals surface area contributed by atoms with Gasteiger partial charge in [-0.1, -0.05) is 80.9 Å². The van der Waals surface area contributed by atoms with E-state index in [0.717, 1.165) is 11.1 Å². The highest BCUT2D eigenvalue weighted by molar-refractivity contribution is 6.03. The van der Waals surface area contributed by atoms with Gasteiger partial charge in [-0.3, -0.25) is 14.4 Å². The maximum Gasteiger partial charge on any atom is 0.329 e. The lowest BCUT2D eigenvalue weighted by Gasteiger charge is -2.34. The molecule has 1 heterocycles. The van der Waals surface area contributed by atoms with Crippen LogP contribution >= 0.6 is 0 Å². The zero-order valence-corrected chi connectivity index (χ0v) is 21.5. The lowest BCUT2D eigenvalue weighted by atomic mass is 9.88. The number of hydrogen-bond acceptors (Lipinski definition) is 5. The molecule has 3 rings (SSSR count). The second-order valence-corrected chi connectivity index (χ2v) is 9.58. The smallest absolute Gasteiger partial charge is 0.329 e. The average Bonchev–Trinajstić information content (AvgIpc) is 2.89. The number of nitrogens with zero attached hydrogens (tertiary/aromatic N) is 1. The Labute approximate surface area is 213 Å². The fourth-order valence-electron chi connectivity index (χ4n) is 4.59. The summed E-state index contributed by atoms with van der Waals surface area (Å²) in [4.78, 5) is 55.0. The third-order valence-corrected chi connectivity index (χ3v) is 6.92. The zero-order chi connectivity index (χ0) is 26.2. The first-order valence-electron chi connectivity index (χ1n) is 12.6. The van der Waals surface area contributed by atoms with Gasteiger partial charge in [-0.25, -0.2) is 4.79 Å². The summed E-state index contributed by atoms with van der Waals surface area (Å²) in [5, 5.41) is 2.81. The fourth-order valence-corrected chi connectivity index (χ4v) is 4.59. The molecule has 1 saturated heterocycles. The molecule has 1 aliphatic rings. The van der Waals surface area contributed by atoms with Crippen LogP contribution in [0.4, 0.5) is 0 Å². The molecule has 0 aromatic heterocycles. The lowest BCUT2D eigenvalue weighted by molar-refractivity contribution is -0.164. The third-order valence-electron chi connectivity index (χ3n) is 6.92. The molecule has 5 atom stereocenters. The predicted octanol–water partition coefficient (Wildman–Crippen LogP) is 3.35. The second kappa shape index (κ2) is 12.5. The number of amides is 2. The highest BCUT2D eigenvalue weighted by atomic mass is 16.5. The van der Waals surface area contributed by atoms with E-state index in [9.17, 15) is 19.2 Å². The van der Waals surface area contributed by atoms with Gasteiger partial charge in [0.2, 0.25) is 11.8 Å². The number of ether oxygens (including phenoxy) is 1. The van der Waals surface area contributed by atoms with Crippen LogP contribution in [0, 0.1) is 11.8 Å². The Morgan fingerprint density at radius 3 is 1.97 bits per heavy atom. The highest BCUT2D eigenvalue weighted by Crippen LogP contribution is 2.22. The van der Waals surface area contributed by atoms with Crippen LogP contribution in [-0.2, 0) is 36.8 Å². The summed E-state index contributed by atoms with van der Waals surface area (Å²) < 4.78 is 5.90. The standard InChI is InChI=1S/C29H36N2O5/c1-5-12-25-19(2)26(32)20(3)27(33)30-23(17-21-13-8-6-9-14-21)28(34)31(4)24(29(35)36-25)18-22-15-10-7-11-16-22/h6-11,13-16,19-20,23-25H,5,12,17-18H2,1-4H3,(H,30,33)/t19-,20+,23-,24-,25-/m0/s1. The van der Waals surface area contributed by atoms with Gasteiger partial charge in [0.15, 0.2) is 5.78 Å². The quantitative estimate of drug-likeness (QED) is 0.493. The van der Waals surface area contributed by atoms with Crippen molar-refractivity contribution in [1.29, 1.82) is 0 Å². The van der Waals surface area contributed by atoms with Gasteiger partial charge in [-0.2, -0.15) is 0 Å². The largest absolute Gasteiger partial charge is 0.460 e. The predicted molar refractivity (Wildman–Crippen MR) is 137 cm³/mol. The Morgan fingerprint density at radius 2 is 1.42 bits per heavy atom. The molecule has 7 nitrogen and oxygen atoms in total. The van der Waals surface area contributed by atoms with Gasteiger partial charge in [0.05, 0.1) is 11.8 Å². The van der Waals surface area contributed by atoms with Crippen molar-refractivity contribution in [2.24, 2.45) is 11.8 Å². The monoisotopic (exact) mass is 492 g/mol. The van der Waals surface area contributed by atoms with Crippen molar-refractivity contribution in [1.82, 2.24) is 10.2 Å². The van der Waals surface area contributed by atoms with Gasteiger partial charge in [-0.15, -0.1) is 0 Å². The van der Waals surface area contributed by atoms with E-state index >= 15 is 0 Å². The molecule has 0 aliphatic carbocycles. The van der Waals surface area contributed by atoms with Crippen molar-refractivity contribution >= 4 is 23.6 Å². The number of nitrogens with one attached hydrogen (secondary N) is 1. The molecule has 7 heteroatoms. The van der Waals surface area contributed by atoms with Gasteiger partial charge in [0.1, 0.15) is 18.2 Å². The molecule has 1 aliphatic heterocycles. The van der Waals surface area contributed by atoms with Crippen LogP contribution in [-0.4, -0.2) is 53.7 Å². The number of carbonyl (C=O) groups excluding carboxylic acids is 4. The first kappa shape index (κ1) is 27.1. The fraction of sp³-hybridized carbons (Fsp3) is 0.448. The van der Waals surface area contributed by atoms with Crippen molar-refractivity contribution in [2.45, 2.75) is 64.6 Å². The van der Waals surface area contributed by atoms with E-state index in [1.165, 1.54) is 11.8 Å². The minimum Gasteiger partial charge on any atom is -0.460 e. The van der Waals surface area contributed by atoms with E-state index in [1.54, 1.807) is 14.0 Å². The third kappa shape index (κ3) is 6.59. The molecule has 0 spiro atoms. The molecule has 2 aromatic carbocycles. The average molecular weight is 493 g/mol. The van der Waals surface area contributed by atoms with Crippen molar-refractivity contribution in [2.75, 3.05) is 7.05 Å². The van der Waals surface area contributed by atoms with Crippen LogP contribution in [0.25, 0.3) is 0 Å². The number of Topliss-reactive ketones (excluding diaryl/α,β-unsaturated/α-hetero) is 1. The van der Waals surface area contributed by atoms with Crippen LogP contribution in [0.15, 0.2) is 60.7 Å². The van der Waals surface area contributed by atoms with Crippen molar-refractivity contribution in [3.63, 3.8) is 0 Å². The van der Waals surface area contributed by atoms with E-state index < -0.39 is 47.8 Å². The van der Waals surface area contributed by atoms with Crippen LogP contribution in [0.3, 0.4) is 0 Å². The van der Waals surface area contributed by atoms with E-state index in [4.69, 9.17) is 4.74 Å². The van der Waals surface area contributed by atoms with Crippen LogP contribution < -0.4 is 5.32 Å². The number of carbonyl (C=O) groups is 4. The molecule has 0 radical (unpaired) electrons. The maximum absolute atomic E-state index is 13.7. The minimum atomic E-state index is -0.978. The molecule has 1 N–H and O–H groups in total. The first-order chi connectivity index (χ1) is 17.2. The number of benzene rings is 2. The summed E-state index contributed by atoms with van der Waals surface area (Å²) in [6.45, 7) is 5.19. The number of cyclic esters (lactones) is 1. The van der Waals surface area contributed by atoms with E-state index in [1.807, 2.05) is 67.6 Å². The number of hydrogen-bond donors (Lipinski definition) is 1. The summed E-state index contributed by atoms with van der Waals surface area (Å²) in [7, 11) is 1.57. The van der Waals surface area contributed by atoms with E-state index in [2.05, 4.69) is 5.32 Å². The lowest BCUT2D eigenvalue weighted by Crippen LogP contribution is -2.56. The second-order valence-electron chi connectivity index (χ2n) is 9.58. The number of ketones is 1. The van der Waals surface area contributed by atoms with Gasteiger partial charge < -0.3 is 15.0 Å². The highest BCUT2D eigenvalue weighted by Gasteiger charge is 2.39. The van der Waals surface area contributed by atoms with Gasteiger partial charge >= 0.3 is 5.97 Å². The normalized spacial score (nSPS) is 26.0. The first-order valence-corrected chi connectivity index (χ1v) is 12.6. The number of rotatable bonds is 6. The molecule has 0 saturated carbocycles. The Hall–Kier alpha value is -3.48. The summed E-state index contributed by atoms with van der Waals surface area (Å²) in [6, 6.07) is 16.9. The summed E-state index contributed by atoms with van der Waals surface area (Å²) in [5.74, 6) is -3.40. The topological polar surface area (TPSA) is 92.8 Å².